The van der Waals surface area contributed by atoms with Crippen molar-refractivity contribution in [2.45, 2.75) is 13.0 Å². The van der Waals surface area contributed by atoms with Gasteiger partial charge < -0.3 is 29.7 Å². The zero-order chi connectivity index (χ0) is 23.3. The van der Waals surface area contributed by atoms with Gasteiger partial charge in [0.1, 0.15) is 11.6 Å². The number of benzene rings is 2. The van der Waals surface area contributed by atoms with Gasteiger partial charge in [-0.15, -0.1) is 0 Å². The van der Waals surface area contributed by atoms with Crippen molar-refractivity contribution < 1.29 is 23.4 Å². The van der Waals surface area contributed by atoms with Crippen LogP contribution in [0.3, 0.4) is 0 Å². The van der Waals surface area contributed by atoms with Crippen molar-refractivity contribution >= 4 is 23.2 Å². The number of morpholine rings is 1. The molecule has 0 bridgehead atoms. The standard InChI is InChI=1S/C25H25FN4O4/c26-19-4-1-17(2-5-19)15-27-23-8-6-20(25(29-23)30-9-11-32-12-10-30)28-24(31)14-18-3-7-21-22(13-18)34-16-33-21/h1-8,13H,9-12,14-16H2,(H,27,29)(H,28,31). The van der Waals surface area contributed by atoms with E-state index >= 15 is 0 Å². The number of hydrogen-bond acceptors (Lipinski definition) is 7. The molecule has 9 heteroatoms. The maximum Gasteiger partial charge on any atom is 0.231 e. The Morgan fingerprint density at radius 3 is 2.56 bits per heavy atom. The predicted octanol–water partition coefficient (Wildman–Crippen LogP) is 3.58. The van der Waals surface area contributed by atoms with Crippen molar-refractivity contribution in [3.05, 3.63) is 71.5 Å². The van der Waals surface area contributed by atoms with Gasteiger partial charge in [-0.1, -0.05) is 18.2 Å². The van der Waals surface area contributed by atoms with Crippen molar-refractivity contribution in [3.63, 3.8) is 0 Å². The molecule has 2 aromatic carbocycles. The first-order chi connectivity index (χ1) is 16.6. The fourth-order valence-corrected chi connectivity index (χ4v) is 3.89. The van der Waals surface area contributed by atoms with Crippen molar-refractivity contribution in [1.82, 2.24) is 4.98 Å². The van der Waals surface area contributed by atoms with Gasteiger partial charge in [-0.05, 0) is 47.5 Å². The number of rotatable bonds is 7. The third kappa shape index (κ3) is 5.20. The molecule has 1 fully saturated rings. The van der Waals surface area contributed by atoms with Crippen LogP contribution in [0.25, 0.3) is 0 Å². The molecule has 34 heavy (non-hydrogen) atoms. The molecule has 2 aliphatic rings. The van der Waals surface area contributed by atoms with Gasteiger partial charge in [-0.3, -0.25) is 4.79 Å². The van der Waals surface area contributed by atoms with Gasteiger partial charge >= 0.3 is 0 Å². The molecule has 0 aliphatic carbocycles. The fraction of sp³-hybridized carbons (Fsp3) is 0.280. The second kappa shape index (κ2) is 9.96. The first-order valence-corrected chi connectivity index (χ1v) is 11.1. The summed E-state index contributed by atoms with van der Waals surface area (Å²) >= 11 is 0. The monoisotopic (exact) mass is 464 g/mol. The number of fused-ring (bicyclic) bond motifs is 1. The van der Waals surface area contributed by atoms with Crippen LogP contribution < -0.4 is 25.0 Å². The van der Waals surface area contributed by atoms with Gasteiger partial charge in [-0.25, -0.2) is 9.37 Å². The van der Waals surface area contributed by atoms with E-state index < -0.39 is 0 Å². The van der Waals surface area contributed by atoms with Gasteiger partial charge in [0.2, 0.25) is 12.7 Å². The van der Waals surface area contributed by atoms with Crippen LogP contribution in [0.1, 0.15) is 11.1 Å². The van der Waals surface area contributed by atoms with E-state index in [9.17, 15) is 9.18 Å². The summed E-state index contributed by atoms with van der Waals surface area (Å²) in [6, 6.07) is 15.5. The Hall–Kier alpha value is -3.85. The molecule has 8 nitrogen and oxygen atoms in total. The molecule has 2 aliphatic heterocycles. The highest BCUT2D eigenvalue weighted by Crippen LogP contribution is 2.33. The van der Waals surface area contributed by atoms with Gasteiger partial charge in [0.05, 0.1) is 25.3 Å². The van der Waals surface area contributed by atoms with Crippen LogP contribution in [0.2, 0.25) is 0 Å². The molecule has 1 saturated heterocycles. The van der Waals surface area contributed by atoms with Crippen LogP contribution in [0.15, 0.2) is 54.6 Å². The molecular formula is C25H25FN4O4. The summed E-state index contributed by atoms with van der Waals surface area (Å²) in [5.74, 6) is 2.27. The average molecular weight is 464 g/mol. The minimum Gasteiger partial charge on any atom is -0.454 e. The Morgan fingerprint density at radius 2 is 1.74 bits per heavy atom. The molecule has 0 atom stereocenters. The number of halogens is 1. The lowest BCUT2D eigenvalue weighted by atomic mass is 10.1. The molecule has 0 spiro atoms. The molecule has 1 aromatic heterocycles. The van der Waals surface area contributed by atoms with Crippen LogP contribution in [-0.4, -0.2) is 44.0 Å². The predicted molar refractivity (Wildman–Crippen MR) is 126 cm³/mol. The first kappa shape index (κ1) is 22.0. The van der Waals surface area contributed by atoms with Crippen molar-refractivity contribution in [2.75, 3.05) is 48.6 Å². The van der Waals surface area contributed by atoms with E-state index in [1.807, 2.05) is 30.3 Å². The SMILES string of the molecule is O=C(Cc1ccc2c(c1)OCO2)Nc1ccc(NCc2ccc(F)cc2)nc1N1CCOCC1. The average Bonchev–Trinajstić information content (AvgIpc) is 3.33. The zero-order valence-electron chi connectivity index (χ0n) is 18.6. The third-order valence-electron chi connectivity index (χ3n) is 5.65. The Morgan fingerprint density at radius 1 is 0.971 bits per heavy atom. The molecule has 3 aromatic rings. The largest absolute Gasteiger partial charge is 0.454 e. The number of nitrogens with zero attached hydrogens (tertiary/aromatic N) is 2. The normalized spacial score (nSPS) is 14.7. The van der Waals surface area contributed by atoms with Crippen molar-refractivity contribution in [2.24, 2.45) is 0 Å². The summed E-state index contributed by atoms with van der Waals surface area (Å²) in [6.45, 7) is 3.25. The number of aromatic nitrogens is 1. The Balaban J connectivity index is 1.30. The molecule has 1 amide bonds. The lowest BCUT2D eigenvalue weighted by Gasteiger charge is -2.29. The lowest BCUT2D eigenvalue weighted by Crippen LogP contribution is -2.37. The Kier molecular flexibility index (Phi) is 6.44. The molecule has 0 unspecified atom stereocenters. The van der Waals surface area contributed by atoms with Gasteiger partial charge in [-0.2, -0.15) is 0 Å². The van der Waals surface area contributed by atoms with E-state index in [2.05, 4.69) is 15.5 Å². The quantitative estimate of drug-likeness (QED) is 0.553. The summed E-state index contributed by atoms with van der Waals surface area (Å²) in [5.41, 5.74) is 2.41. The van der Waals surface area contributed by atoms with Crippen LogP contribution in [0, 0.1) is 5.82 Å². The minimum absolute atomic E-state index is 0.151. The van der Waals surface area contributed by atoms with E-state index in [1.165, 1.54) is 12.1 Å². The Bertz CT molecular complexity index is 1170. The highest BCUT2D eigenvalue weighted by atomic mass is 19.1. The maximum atomic E-state index is 13.2. The molecule has 5 rings (SSSR count). The number of amides is 1. The zero-order valence-corrected chi connectivity index (χ0v) is 18.6. The Labute approximate surface area is 196 Å². The molecule has 0 radical (unpaired) electrons. The summed E-state index contributed by atoms with van der Waals surface area (Å²) < 4.78 is 29.4. The van der Waals surface area contributed by atoms with E-state index in [4.69, 9.17) is 19.2 Å². The number of carbonyl (C=O) groups excluding carboxylic acids is 1. The molecule has 3 heterocycles. The topological polar surface area (TPSA) is 85.0 Å². The van der Waals surface area contributed by atoms with E-state index in [0.717, 1.165) is 11.1 Å². The number of anilines is 3. The lowest BCUT2D eigenvalue weighted by molar-refractivity contribution is -0.115. The second-order valence-electron chi connectivity index (χ2n) is 8.06. The smallest absolute Gasteiger partial charge is 0.231 e. The van der Waals surface area contributed by atoms with E-state index in [0.29, 0.717) is 61.7 Å². The highest BCUT2D eigenvalue weighted by Gasteiger charge is 2.19. The maximum absolute atomic E-state index is 13.2. The minimum atomic E-state index is -0.266. The fourth-order valence-electron chi connectivity index (χ4n) is 3.89. The summed E-state index contributed by atoms with van der Waals surface area (Å²) in [7, 11) is 0. The summed E-state index contributed by atoms with van der Waals surface area (Å²) in [4.78, 5) is 19.7. The molecular weight excluding hydrogens is 439 g/mol. The first-order valence-electron chi connectivity index (χ1n) is 11.1. The molecule has 176 valence electrons. The second-order valence-corrected chi connectivity index (χ2v) is 8.06. The summed E-state index contributed by atoms with van der Waals surface area (Å²) in [5, 5.41) is 6.28. The number of ether oxygens (including phenoxy) is 3. The van der Waals surface area contributed by atoms with Crippen molar-refractivity contribution in [1.29, 1.82) is 0 Å². The van der Waals surface area contributed by atoms with Crippen LogP contribution in [-0.2, 0) is 22.5 Å². The van der Waals surface area contributed by atoms with E-state index in [-0.39, 0.29) is 24.9 Å². The van der Waals surface area contributed by atoms with Crippen LogP contribution in [0.4, 0.5) is 21.7 Å². The number of hydrogen-bond donors (Lipinski definition) is 2. The molecule has 0 saturated carbocycles. The van der Waals surface area contributed by atoms with Crippen LogP contribution in [0.5, 0.6) is 11.5 Å². The number of nitrogens with one attached hydrogen (secondary N) is 2. The highest BCUT2D eigenvalue weighted by molar-refractivity contribution is 5.95. The summed E-state index contributed by atoms with van der Waals surface area (Å²) in [6.07, 6.45) is 0.198. The van der Waals surface area contributed by atoms with E-state index in [1.54, 1.807) is 12.1 Å². The van der Waals surface area contributed by atoms with Crippen LogP contribution >= 0.6 is 0 Å². The van der Waals surface area contributed by atoms with Gasteiger partial charge in [0.25, 0.3) is 0 Å². The number of carbonyl (C=O) groups is 1. The van der Waals surface area contributed by atoms with Gasteiger partial charge in [0, 0.05) is 19.6 Å². The van der Waals surface area contributed by atoms with Gasteiger partial charge in [0.15, 0.2) is 17.3 Å². The third-order valence-corrected chi connectivity index (χ3v) is 5.65. The number of pyridine rings is 1. The van der Waals surface area contributed by atoms with Crippen molar-refractivity contribution in [3.8, 4) is 11.5 Å². The molecule has 2 N–H and O–H groups in total.